The molecule has 0 saturated heterocycles. The molecule has 0 aliphatic heterocycles. The summed E-state index contributed by atoms with van der Waals surface area (Å²) in [7, 11) is 4.23. The minimum atomic E-state index is -4.41. The lowest BCUT2D eigenvalue weighted by Crippen LogP contribution is -2.34. The molecule has 0 heterocycles. The first-order valence-corrected chi connectivity index (χ1v) is 7.60. The third-order valence-electron chi connectivity index (χ3n) is 2.45. The molecule has 8 nitrogen and oxygen atoms in total. The molecule has 0 radical (unpaired) electrons. The molecule has 0 unspecified atom stereocenters. The summed E-state index contributed by atoms with van der Waals surface area (Å²) in [5, 5.41) is 2.51. The standard InChI is InChI=1S/C12H18N2O2.CH4O4S/c1-13-12(15)9-16-11-7-5-6-10(8-11)14(2,3)4;1-5-6(2,3)4/h5-8H,9H2,1-4H3;1H3,(H,2,3,4). The van der Waals surface area contributed by atoms with Crippen LogP contribution in [-0.4, -0.2) is 60.8 Å². The molecule has 1 amide bonds. The Morgan fingerprint density at radius 1 is 1.32 bits per heavy atom. The number of hydrogen-bond acceptors (Lipinski definition) is 6. The average Bonchev–Trinajstić information content (AvgIpc) is 2.44. The van der Waals surface area contributed by atoms with Gasteiger partial charge in [-0.15, -0.1) is 0 Å². The number of ether oxygens (including phenoxy) is 1. The van der Waals surface area contributed by atoms with Gasteiger partial charge in [0.1, 0.15) is 11.4 Å². The van der Waals surface area contributed by atoms with Gasteiger partial charge in [-0.05, 0) is 12.1 Å². The number of hydrogen-bond donors (Lipinski definition) is 1. The minimum absolute atomic E-state index is 0.0527. The van der Waals surface area contributed by atoms with E-state index in [0.717, 1.165) is 17.3 Å². The van der Waals surface area contributed by atoms with Crippen LogP contribution in [0.4, 0.5) is 5.69 Å². The van der Waals surface area contributed by atoms with Gasteiger partial charge in [-0.2, -0.15) is 0 Å². The quantitative estimate of drug-likeness (QED) is 0.465. The van der Waals surface area contributed by atoms with Crippen molar-refractivity contribution >= 4 is 22.0 Å². The first-order valence-electron chi connectivity index (χ1n) is 6.26. The smallest absolute Gasteiger partial charge is 0.257 e. The predicted octanol–water partition coefficient (Wildman–Crippen LogP) is 0.101. The highest BCUT2D eigenvalue weighted by atomic mass is 32.3. The molecule has 0 aliphatic rings. The van der Waals surface area contributed by atoms with Crippen LogP contribution in [0.2, 0.25) is 0 Å². The molecular weight excluding hydrogens is 312 g/mol. The van der Waals surface area contributed by atoms with E-state index in [9.17, 15) is 17.8 Å². The summed E-state index contributed by atoms with van der Waals surface area (Å²) in [5.41, 5.74) is 1.13. The third-order valence-corrected chi connectivity index (χ3v) is 2.85. The van der Waals surface area contributed by atoms with Crippen molar-refractivity contribution in [3.05, 3.63) is 24.3 Å². The molecule has 0 atom stereocenters. The van der Waals surface area contributed by atoms with Gasteiger partial charge in [0, 0.05) is 13.1 Å². The fourth-order valence-corrected chi connectivity index (χ4v) is 1.21. The van der Waals surface area contributed by atoms with E-state index < -0.39 is 10.4 Å². The van der Waals surface area contributed by atoms with Gasteiger partial charge in [-0.3, -0.25) is 13.5 Å². The van der Waals surface area contributed by atoms with Crippen LogP contribution in [0.5, 0.6) is 5.75 Å². The average molecular weight is 334 g/mol. The van der Waals surface area contributed by atoms with E-state index in [1.54, 1.807) is 7.05 Å². The number of amides is 1. The molecule has 1 N–H and O–H groups in total. The van der Waals surface area contributed by atoms with E-state index in [0.29, 0.717) is 5.75 Å². The number of carbonyl (C=O) groups is 1. The van der Waals surface area contributed by atoms with Crippen LogP contribution >= 0.6 is 0 Å². The van der Waals surface area contributed by atoms with E-state index in [1.165, 1.54) is 0 Å². The molecular formula is C13H22N2O6S. The van der Waals surface area contributed by atoms with Crippen molar-refractivity contribution in [2.45, 2.75) is 0 Å². The molecule has 0 aliphatic carbocycles. The van der Waals surface area contributed by atoms with Gasteiger partial charge < -0.3 is 14.6 Å². The maximum atomic E-state index is 11.0. The Hall–Kier alpha value is -1.68. The highest BCUT2D eigenvalue weighted by Gasteiger charge is 2.12. The summed E-state index contributed by atoms with van der Waals surface area (Å²) in [4.78, 5) is 11.0. The van der Waals surface area contributed by atoms with Crippen LogP contribution in [-0.2, 0) is 19.4 Å². The summed E-state index contributed by atoms with van der Waals surface area (Å²) in [5.74, 6) is 0.588. The zero-order valence-electron chi connectivity index (χ0n) is 13.3. The second kappa shape index (κ2) is 8.69. The van der Waals surface area contributed by atoms with Crippen molar-refractivity contribution in [3.8, 4) is 5.75 Å². The molecule has 0 saturated carbocycles. The van der Waals surface area contributed by atoms with E-state index in [4.69, 9.17) is 4.74 Å². The van der Waals surface area contributed by atoms with Gasteiger partial charge in [0.05, 0.1) is 28.3 Å². The van der Waals surface area contributed by atoms with E-state index in [-0.39, 0.29) is 12.5 Å². The van der Waals surface area contributed by atoms with Crippen molar-refractivity contribution < 1.29 is 26.7 Å². The van der Waals surface area contributed by atoms with Crippen LogP contribution < -0.4 is 14.5 Å². The number of carbonyl (C=O) groups excluding carboxylic acids is 1. The van der Waals surface area contributed by atoms with E-state index in [2.05, 4.69) is 30.6 Å². The van der Waals surface area contributed by atoms with Crippen molar-refractivity contribution in [1.82, 2.24) is 9.80 Å². The molecule has 0 spiro atoms. The van der Waals surface area contributed by atoms with Gasteiger partial charge >= 0.3 is 0 Å². The van der Waals surface area contributed by atoms with Crippen molar-refractivity contribution in [1.29, 1.82) is 0 Å². The number of nitrogens with one attached hydrogen (secondary N) is 1. The Balaban J connectivity index is 0.000000626. The maximum absolute atomic E-state index is 11.0. The van der Waals surface area contributed by atoms with E-state index >= 15 is 0 Å². The second-order valence-corrected chi connectivity index (χ2v) is 6.20. The Bertz CT molecular complexity index is 580. The molecule has 1 aromatic carbocycles. The van der Waals surface area contributed by atoms with Gasteiger partial charge in [0.15, 0.2) is 6.61 Å². The van der Waals surface area contributed by atoms with Crippen molar-refractivity contribution in [2.75, 3.05) is 41.9 Å². The zero-order valence-corrected chi connectivity index (χ0v) is 14.1. The third kappa shape index (κ3) is 9.29. The van der Waals surface area contributed by atoms with Crippen LogP contribution in [0.3, 0.4) is 0 Å². The summed E-state index contributed by atoms with van der Waals surface area (Å²) in [6, 6.07) is 7.76. The lowest BCUT2D eigenvalue weighted by Gasteiger charge is -2.23. The topological polar surface area (TPSA) is 105 Å². The monoisotopic (exact) mass is 334 g/mol. The first-order chi connectivity index (χ1) is 9.99. The molecule has 0 fully saturated rings. The van der Waals surface area contributed by atoms with E-state index in [1.807, 2.05) is 24.3 Å². The summed E-state index contributed by atoms with van der Waals surface area (Å²) >= 11 is 0. The van der Waals surface area contributed by atoms with Crippen LogP contribution in [0, 0.1) is 0 Å². The molecule has 0 aromatic heterocycles. The number of rotatable bonds is 5. The summed E-state index contributed by atoms with van der Waals surface area (Å²) < 4.78 is 37.1. The number of benzene rings is 1. The number of nitrogens with zero attached hydrogens (tertiary/aromatic N) is 1. The Kier molecular flexibility index (Phi) is 8.02. The predicted molar refractivity (Wildman–Crippen MR) is 82.3 cm³/mol. The Labute approximate surface area is 131 Å². The SMILES string of the molecule is CNC(=O)COc1cccc([N+](C)(C)C)c1.COS(=O)(=O)[O-]. The molecule has 1 rings (SSSR count). The van der Waals surface area contributed by atoms with Gasteiger partial charge in [-0.1, -0.05) is 6.07 Å². The van der Waals surface area contributed by atoms with Crippen LogP contribution in [0.15, 0.2) is 24.3 Å². The Morgan fingerprint density at radius 2 is 1.86 bits per heavy atom. The largest absolute Gasteiger partial charge is 0.726 e. The summed E-state index contributed by atoms with van der Waals surface area (Å²) in [6.07, 6.45) is 0. The minimum Gasteiger partial charge on any atom is -0.726 e. The highest BCUT2D eigenvalue weighted by molar-refractivity contribution is 7.80. The maximum Gasteiger partial charge on any atom is 0.257 e. The molecule has 126 valence electrons. The first kappa shape index (κ1) is 20.3. The fraction of sp³-hybridized carbons (Fsp3) is 0.462. The van der Waals surface area contributed by atoms with Gasteiger partial charge in [-0.25, -0.2) is 8.42 Å². The van der Waals surface area contributed by atoms with Gasteiger partial charge in [0.25, 0.3) is 5.91 Å². The second-order valence-electron chi connectivity index (χ2n) is 5.05. The normalized spacial score (nSPS) is 11.2. The van der Waals surface area contributed by atoms with Crippen LogP contribution in [0.25, 0.3) is 0 Å². The lowest BCUT2D eigenvalue weighted by atomic mass is 10.2. The lowest BCUT2D eigenvalue weighted by molar-refractivity contribution is -0.122. The Morgan fingerprint density at radius 3 is 2.27 bits per heavy atom. The fourth-order valence-electron chi connectivity index (χ4n) is 1.21. The van der Waals surface area contributed by atoms with Gasteiger partial charge in [0.2, 0.25) is 10.4 Å². The van der Waals surface area contributed by atoms with Crippen molar-refractivity contribution in [3.63, 3.8) is 0 Å². The highest BCUT2D eigenvalue weighted by Crippen LogP contribution is 2.22. The van der Waals surface area contributed by atoms with Crippen molar-refractivity contribution in [2.24, 2.45) is 0 Å². The molecule has 9 heteroatoms. The summed E-state index contributed by atoms with van der Waals surface area (Å²) in [6.45, 7) is 0.0527. The zero-order chi connectivity index (χ0) is 17.4. The molecule has 0 bridgehead atoms. The molecule has 1 aromatic rings. The van der Waals surface area contributed by atoms with Crippen LogP contribution in [0.1, 0.15) is 0 Å². The number of likely N-dealkylation sites (N-methyl/N-ethyl adjacent to an activating group) is 1. The number of quaternary nitrogens is 1. The molecule has 22 heavy (non-hydrogen) atoms.